The zero-order valence-electron chi connectivity index (χ0n) is 14.9. The summed E-state index contributed by atoms with van der Waals surface area (Å²) in [6, 6.07) is 19.9. The normalized spacial score (nSPS) is 12.9. The molecule has 0 amide bonds. The fourth-order valence-corrected chi connectivity index (χ4v) is 2.69. The molecule has 0 heterocycles. The standard InChI is InChI=1S/C21H29NO/c1-5-17(2)22-15-16-23-20-13-11-19(12-14-20)21(3,4)18-9-7-6-8-10-18/h6-14,17,22H,5,15-16H2,1-4H3/p+1/t17-/m0/s1. The zero-order valence-corrected chi connectivity index (χ0v) is 14.9. The first-order chi connectivity index (χ1) is 11.0. The predicted octanol–water partition coefficient (Wildman–Crippen LogP) is 3.75. The summed E-state index contributed by atoms with van der Waals surface area (Å²) in [5.41, 5.74) is 2.64. The van der Waals surface area contributed by atoms with Gasteiger partial charge in [-0.3, -0.25) is 0 Å². The fourth-order valence-electron chi connectivity index (χ4n) is 2.69. The highest BCUT2D eigenvalue weighted by Gasteiger charge is 2.22. The van der Waals surface area contributed by atoms with Crippen LogP contribution >= 0.6 is 0 Å². The Morgan fingerprint density at radius 3 is 2.17 bits per heavy atom. The van der Waals surface area contributed by atoms with Gasteiger partial charge in [-0.05, 0) is 36.6 Å². The summed E-state index contributed by atoms with van der Waals surface area (Å²) in [5.74, 6) is 0.954. The molecule has 2 rings (SSSR count). The van der Waals surface area contributed by atoms with Crippen molar-refractivity contribution in [3.63, 3.8) is 0 Å². The quantitative estimate of drug-likeness (QED) is 0.738. The molecule has 0 unspecified atom stereocenters. The molecule has 2 aromatic carbocycles. The topological polar surface area (TPSA) is 25.8 Å². The maximum absolute atomic E-state index is 5.84. The molecule has 124 valence electrons. The molecule has 0 spiro atoms. The molecule has 0 aliphatic heterocycles. The second-order valence-electron chi connectivity index (χ2n) is 6.77. The van der Waals surface area contributed by atoms with E-state index < -0.39 is 0 Å². The molecule has 2 N–H and O–H groups in total. The summed E-state index contributed by atoms with van der Waals surface area (Å²) in [6.45, 7) is 10.8. The Morgan fingerprint density at radius 2 is 1.57 bits per heavy atom. The summed E-state index contributed by atoms with van der Waals surface area (Å²) >= 11 is 0. The third-order valence-electron chi connectivity index (χ3n) is 4.67. The summed E-state index contributed by atoms with van der Waals surface area (Å²) in [5, 5.41) is 2.34. The van der Waals surface area contributed by atoms with E-state index in [-0.39, 0.29) is 5.41 Å². The van der Waals surface area contributed by atoms with Gasteiger partial charge in [-0.25, -0.2) is 0 Å². The lowest BCUT2D eigenvalue weighted by molar-refractivity contribution is -0.686. The monoisotopic (exact) mass is 312 g/mol. The lowest BCUT2D eigenvalue weighted by Crippen LogP contribution is -2.90. The minimum absolute atomic E-state index is 0.00409. The van der Waals surface area contributed by atoms with E-state index in [0.29, 0.717) is 6.04 Å². The van der Waals surface area contributed by atoms with E-state index in [4.69, 9.17) is 4.74 Å². The van der Waals surface area contributed by atoms with Gasteiger partial charge in [0.1, 0.15) is 18.9 Å². The largest absolute Gasteiger partial charge is 0.488 e. The molecule has 0 fully saturated rings. The van der Waals surface area contributed by atoms with Gasteiger partial charge in [0.25, 0.3) is 0 Å². The van der Waals surface area contributed by atoms with Crippen molar-refractivity contribution in [3.8, 4) is 5.75 Å². The van der Waals surface area contributed by atoms with Gasteiger partial charge in [0.2, 0.25) is 0 Å². The van der Waals surface area contributed by atoms with Crippen LogP contribution in [0.25, 0.3) is 0 Å². The Labute approximate surface area is 140 Å². The molecule has 2 aromatic rings. The van der Waals surface area contributed by atoms with E-state index >= 15 is 0 Å². The highest BCUT2D eigenvalue weighted by Crippen LogP contribution is 2.32. The summed E-state index contributed by atoms with van der Waals surface area (Å²) in [4.78, 5) is 0. The highest BCUT2D eigenvalue weighted by atomic mass is 16.5. The Balaban J connectivity index is 1.94. The minimum atomic E-state index is 0.00409. The predicted molar refractivity (Wildman–Crippen MR) is 97.1 cm³/mol. The van der Waals surface area contributed by atoms with Crippen molar-refractivity contribution in [2.45, 2.75) is 45.6 Å². The van der Waals surface area contributed by atoms with Crippen LogP contribution in [0, 0.1) is 0 Å². The molecule has 0 aliphatic carbocycles. The maximum Gasteiger partial charge on any atom is 0.137 e. The molecule has 23 heavy (non-hydrogen) atoms. The Morgan fingerprint density at radius 1 is 0.957 bits per heavy atom. The molecular formula is C21H30NO+. The van der Waals surface area contributed by atoms with Crippen molar-refractivity contribution in [2.75, 3.05) is 13.2 Å². The Bertz CT molecular complexity index is 575. The van der Waals surface area contributed by atoms with Crippen LogP contribution in [-0.2, 0) is 5.41 Å². The second kappa shape index (κ2) is 8.16. The van der Waals surface area contributed by atoms with Gasteiger partial charge in [0, 0.05) is 5.41 Å². The number of benzene rings is 2. The third-order valence-corrected chi connectivity index (χ3v) is 4.67. The van der Waals surface area contributed by atoms with Gasteiger partial charge >= 0.3 is 0 Å². The zero-order chi connectivity index (χ0) is 16.7. The van der Waals surface area contributed by atoms with E-state index in [2.05, 4.69) is 87.6 Å². The highest BCUT2D eigenvalue weighted by molar-refractivity contribution is 5.39. The van der Waals surface area contributed by atoms with Gasteiger partial charge in [-0.2, -0.15) is 0 Å². The molecule has 0 aliphatic rings. The first kappa shape index (κ1) is 17.6. The number of hydrogen-bond acceptors (Lipinski definition) is 1. The SMILES string of the molecule is CC[C@H](C)[NH2+]CCOc1ccc(C(C)(C)c2ccccc2)cc1. The molecule has 2 nitrogen and oxygen atoms in total. The number of quaternary nitrogens is 1. The molecule has 1 atom stereocenters. The van der Waals surface area contributed by atoms with Gasteiger partial charge in [0.15, 0.2) is 0 Å². The van der Waals surface area contributed by atoms with E-state index in [1.807, 2.05) is 0 Å². The summed E-state index contributed by atoms with van der Waals surface area (Å²) in [7, 11) is 0. The molecule has 2 heteroatoms. The fraction of sp³-hybridized carbons (Fsp3) is 0.429. The van der Waals surface area contributed by atoms with E-state index in [1.54, 1.807) is 0 Å². The molecule has 0 saturated carbocycles. The van der Waals surface area contributed by atoms with Crippen molar-refractivity contribution in [3.05, 3.63) is 65.7 Å². The van der Waals surface area contributed by atoms with Crippen LogP contribution in [0.1, 0.15) is 45.2 Å². The van der Waals surface area contributed by atoms with Gasteiger partial charge in [-0.1, -0.05) is 63.2 Å². The molecule has 0 aromatic heterocycles. The Hall–Kier alpha value is -1.80. The third kappa shape index (κ3) is 4.84. The first-order valence-corrected chi connectivity index (χ1v) is 8.66. The maximum atomic E-state index is 5.84. The smallest absolute Gasteiger partial charge is 0.137 e. The van der Waals surface area contributed by atoms with E-state index in [9.17, 15) is 0 Å². The number of rotatable bonds is 8. The van der Waals surface area contributed by atoms with Gasteiger partial charge in [0.05, 0.1) is 6.04 Å². The van der Waals surface area contributed by atoms with Crippen LogP contribution in [0.2, 0.25) is 0 Å². The number of ether oxygens (including phenoxy) is 1. The average Bonchev–Trinajstić information content (AvgIpc) is 2.59. The van der Waals surface area contributed by atoms with Crippen LogP contribution < -0.4 is 10.1 Å². The van der Waals surface area contributed by atoms with E-state index in [0.717, 1.165) is 18.9 Å². The molecule has 0 radical (unpaired) electrons. The average molecular weight is 312 g/mol. The summed E-state index contributed by atoms with van der Waals surface area (Å²) in [6.07, 6.45) is 1.20. The molecular weight excluding hydrogens is 282 g/mol. The summed E-state index contributed by atoms with van der Waals surface area (Å²) < 4.78 is 5.84. The van der Waals surface area contributed by atoms with Crippen LogP contribution in [0.5, 0.6) is 5.75 Å². The van der Waals surface area contributed by atoms with Gasteiger partial charge in [-0.15, -0.1) is 0 Å². The lowest BCUT2D eigenvalue weighted by Gasteiger charge is -2.26. The molecule has 0 bridgehead atoms. The van der Waals surface area contributed by atoms with E-state index in [1.165, 1.54) is 17.5 Å². The Kier molecular flexibility index (Phi) is 6.23. The van der Waals surface area contributed by atoms with Crippen LogP contribution in [-0.4, -0.2) is 19.2 Å². The van der Waals surface area contributed by atoms with Crippen molar-refractivity contribution >= 4 is 0 Å². The number of nitrogens with two attached hydrogens (primary N) is 1. The first-order valence-electron chi connectivity index (χ1n) is 8.66. The van der Waals surface area contributed by atoms with Gasteiger partial charge < -0.3 is 10.1 Å². The number of hydrogen-bond donors (Lipinski definition) is 1. The van der Waals surface area contributed by atoms with Crippen LogP contribution in [0.4, 0.5) is 0 Å². The van der Waals surface area contributed by atoms with Crippen LogP contribution in [0.15, 0.2) is 54.6 Å². The van der Waals surface area contributed by atoms with Crippen LogP contribution in [0.3, 0.4) is 0 Å². The van der Waals surface area contributed by atoms with Crippen molar-refractivity contribution in [1.29, 1.82) is 0 Å². The van der Waals surface area contributed by atoms with Crippen molar-refractivity contribution < 1.29 is 10.1 Å². The second-order valence-corrected chi connectivity index (χ2v) is 6.77. The molecule has 0 saturated heterocycles. The lowest BCUT2D eigenvalue weighted by atomic mass is 9.78. The van der Waals surface area contributed by atoms with Crippen molar-refractivity contribution in [2.24, 2.45) is 0 Å². The van der Waals surface area contributed by atoms with Crippen molar-refractivity contribution in [1.82, 2.24) is 0 Å². The minimum Gasteiger partial charge on any atom is -0.488 e.